The molecule has 4 nitrogen and oxygen atoms in total. The number of esters is 1. The van der Waals surface area contributed by atoms with Crippen LogP contribution in [0.3, 0.4) is 0 Å². The van der Waals surface area contributed by atoms with Crippen molar-refractivity contribution in [3.05, 3.63) is 22.3 Å². The van der Waals surface area contributed by atoms with Gasteiger partial charge in [0, 0.05) is 10.7 Å². The number of nitrogens with one attached hydrogen (secondary N) is 2. The van der Waals surface area contributed by atoms with E-state index in [0.717, 1.165) is 17.4 Å². The van der Waals surface area contributed by atoms with Gasteiger partial charge in [-0.2, -0.15) is 0 Å². The first kappa shape index (κ1) is 14.3. The minimum Gasteiger partial charge on any atom is -0.466 e. The molecule has 5 heteroatoms. The van der Waals surface area contributed by atoms with Crippen molar-refractivity contribution in [2.45, 2.75) is 32.4 Å². The van der Waals surface area contributed by atoms with Crippen molar-refractivity contribution in [3.63, 3.8) is 0 Å². The van der Waals surface area contributed by atoms with Gasteiger partial charge in [0.25, 0.3) is 0 Å². The summed E-state index contributed by atoms with van der Waals surface area (Å²) in [5.74, 6) is -0.310. The van der Waals surface area contributed by atoms with Crippen LogP contribution in [0.25, 0.3) is 0 Å². The highest BCUT2D eigenvalue weighted by atomic mass is 79.9. The lowest BCUT2D eigenvalue weighted by molar-refractivity contribution is -0.136. The Bertz CT molecular complexity index is 326. The molecule has 0 amide bonds. The van der Waals surface area contributed by atoms with Crippen molar-refractivity contribution in [2.75, 3.05) is 13.7 Å². The third-order valence-electron chi connectivity index (χ3n) is 2.54. The zero-order valence-corrected chi connectivity index (χ0v) is 11.8. The molecule has 0 fully saturated rings. The first-order valence-corrected chi connectivity index (χ1v) is 6.63. The Hall–Kier alpha value is -0.810. The molecule has 0 aromatic rings. The highest BCUT2D eigenvalue weighted by Crippen LogP contribution is 2.17. The summed E-state index contributed by atoms with van der Waals surface area (Å²) in [6.45, 7) is 3.05. The highest BCUT2D eigenvalue weighted by Gasteiger charge is 2.22. The van der Waals surface area contributed by atoms with Crippen molar-refractivity contribution in [3.8, 4) is 0 Å². The van der Waals surface area contributed by atoms with Gasteiger partial charge in [-0.05, 0) is 35.0 Å². The van der Waals surface area contributed by atoms with Crippen LogP contribution in [-0.4, -0.2) is 25.8 Å². The molecule has 0 aromatic carbocycles. The number of halogens is 1. The second-order valence-electron chi connectivity index (χ2n) is 3.88. The fraction of sp³-hybridized carbons (Fsp3) is 0.583. The summed E-state index contributed by atoms with van der Waals surface area (Å²) in [4.78, 5) is 11.6. The zero-order chi connectivity index (χ0) is 12.7. The van der Waals surface area contributed by atoms with E-state index in [1.54, 1.807) is 6.08 Å². The smallest absolute Gasteiger partial charge is 0.337 e. The van der Waals surface area contributed by atoms with Gasteiger partial charge in [0.2, 0.25) is 0 Å². The van der Waals surface area contributed by atoms with E-state index in [2.05, 4.69) is 33.5 Å². The quantitative estimate of drug-likeness (QED) is 0.582. The summed E-state index contributed by atoms with van der Waals surface area (Å²) in [7, 11) is 1.39. The Labute approximate surface area is 111 Å². The lowest BCUT2D eigenvalue weighted by Gasteiger charge is -2.24. The molecule has 0 saturated carbocycles. The molecule has 2 N–H and O–H groups in total. The number of hydrogen-bond acceptors (Lipinski definition) is 4. The summed E-state index contributed by atoms with van der Waals surface area (Å²) < 4.78 is 5.60. The monoisotopic (exact) mass is 302 g/mol. The molecule has 1 unspecified atom stereocenters. The van der Waals surface area contributed by atoms with Crippen molar-refractivity contribution in [2.24, 2.45) is 0 Å². The molecular weight excluding hydrogens is 284 g/mol. The normalized spacial score (nSPS) is 19.1. The van der Waals surface area contributed by atoms with Gasteiger partial charge in [-0.15, -0.1) is 0 Å². The molecule has 0 spiro atoms. The summed E-state index contributed by atoms with van der Waals surface area (Å²) >= 11 is 3.33. The van der Waals surface area contributed by atoms with E-state index < -0.39 is 0 Å². The number of hydrogen-bond donors (Lipinski definition) is 2. The molecule has 0 aliphatic carbocycles. The van der Waals surface area contributed by atoms with Crippen LogP contribution in [0.15, 0.2) is 22.3 Å². The van der Waals surface area contributed by atoms with Crippen molar-refractivity contribution < 1.29 is 9.53 Å². The van der Waals surface area contributed by atoms with Crippen LogP contribution in [0.2, 0.25) is 0 Å². The number of ether oxygens (including phenoxy) is 1. The first-order chi connectivity index (χ1) is 8.19. The van der Waals surface area contributed by atoms with Crippen molar-refractivity contribution in [1.82, 2.24) is 10.6 Å². The van der Waals surface area contributed by atoms with Crippen LogP contribution in [0.4, 0.5) is 0 Å². The highest BCUT2D eigenvalue weighted by molar-refractivity contribution is 9.11. The molecule has 1 aliphatic rings. The fourth-order valence-electron chi connectivity index (χ4n) is 1.61. The fourth-order valence-corrected chi connectivity index (χ4v) is 1.99. The Morgan fingerprint density at radius 2 is 2.35 bits per heavy atom. The lowest BCUT2D eigenvalue weighted by atomic mass is 10.1. The van der Waals surface area contributed by atoms with Crippen LogP contribution in [-0.2, 0) is 9.53 Å². The molecule has 0 aromatic heterocycles. The van der Waals surface area contributed by atoms with E-state index in [9.17, 15) is 4.79 Å². The summed E-state index contributed by atoms with van der Waals surface area (Å²) in [6, 6.07) is 0. The summed E-state index contributed by atoms with van der Waals surface area (Å²) in [6.07, 6.45) is 6.92. The molecular formula is C12H19BrN2O2. The Balaban J connectivity index is 2.53. The predicted molar refractivity (Wildman–Crippen MR) is 71.6 cm³/mol. The lowest BCUT2D eigenvalue weighted by Crippen LogP contribution is -2.45. The van der Waals surface area contributed by atoms with Gasteiger partial charge < -0.3 is 10.1 Å². The number of unbranched alkanes of at least 4 members (excludes halogenated alkanes) is 2. The minimum absolute atomic E-state index is 0.166. The van der Waals surface area contributed by atoms with Gasteiger partial charge in [0.15, 0.2) is 0 Å². The zero-order valence-electron chi connectivity index (χ0n) is 10.3. The Kier molecular flexibility index (Phi) is 6.29. The van der Waals surface area contributed by atoms with Crippen LogP contribution >= 0.6 is 15.9 Å². The van der Waals surface area contributed by atoms with Crippen LogP contribution in [0.1, 0.15) is 26.2 Å². The molecule has 0 bridgehead atoms. The molecule has 1 heterocycles. The second-order valence-corrected chi connectivity index (χ2v) is 4.80. The number of rotatable bonds is 6. The Morgan fingerprint density at radius 3 is 3.00 bits per heavy atom. The number of dihydropyridines is 1. The van der Waals surface area contributed by atoms with E-state index in [-0.39, 0.29) is 12.1 Å². The number of allylic oxidation sites excluding steroid dienone is 2. The molecule has 17 heavy (non-hydrogen) atoms. The molecule has 1 rings (SSSR count). The van der Waals surface area contributed by atoms with E-state index >= 15 is 0 Å². The predicted octanol–water partition coefficient (Wildman–Crippen LogP) is 2.03. The minimum atomic E-state index is -0.310. The van der Waals surface area contributed by atoms with Gasteiger partial charge in [-0.3, -0.25) is 5.32 Å². The van der Waals surface area contributed by atoms with Gasteiger partial charge in [0.1, 0.15) is 6.17 Å². The Morgan fingerprint density at radius 1 is 1.59 bits per heavy atom. The number of methoxy groups -OCH3 is 1. The molecule has 1 aliphatic heterocycles. The van der Waals surface area contributed by atoms with E-state index in [1.165, 1.54) is 20.0 Å². The maximum atomic E-state index is 11.6. The van der Waals surface area contributed by atoms with Crippen molar-refractivity contribution in [1.29, 1.82) is 0 Å². The standard InChI is InChI=1S/C12H19BrN2O2/c1-3-4-5-6-14-11-10(12(16)17-2)7-9(13)8-15-11/h7-8,11,14-15H,3-6H2,1-2H3. The summed E-state index contributed by atoms with van der Waals surface area (Å²) in [5, 5.41) is 6.42. The van der Waals surface area contributed by atoms with Crippen LogP contribution in [0.5, 0.6) is 0 Å². The maximum absolute atomic E-state index is 11.6. The van der Waals surface area contributed by atoms with Gasteiger partial charge in [-0.25, -0.2) is 4.79 Å². The van der Waals surface area contributed by atoms with Crippen LogP contribution in [0, 0.1) is 0 Å². The van der Waals surface area contributed by atoms with Gasteiger partial charge >= 0.3 is 5.97 Å². The molecule has 0 saturated heterocycles. The number of carbonyl (C=O) groups is 1. The van der Waals surface area contributed by atoms with E-state index in [1.807, 2.05) is 6.20 Å². The van der Waals surface area contributed by atoms with Gasteiger partial charge in [-0.1, -0.05) is 19.8 Å². The number of carbonyl (C=O) groups excluding carboxylic acids is 1. The summed E-state index contributed by atoms with van der Waals surface area (Å²) in [5.41, 5.74) is 0.596. The average Bonchev–Trinajstić information content (AvgIpc) is 2.35. The third kappa shape index (κ3) is 4.52. The average molecular weight is 303 g/mol. The van der Waals surface area contributed by atoms with Crippen molar-refractivity contribution >= 4 is 21.9 Å². The molecule has 0 radical (unpaired) electrons. The van der Waals surface area contributed by atoms with Gasteiger partial charge in [0.05, 0.1) is 12.7 Å². The SMILES string of the molecule is CCCCCNC1NC=C(Br)C=C1C(=O)OC. The topological polar surface area (TPSA) is 50.4 Å². The molecule has 1 atom stereocenters. The molecule has 96 valence electrons. The largest absolute Gasteiger partial charge is 0.466 e. The van der Waals surface area contributed by atoms with Crippen LogP contribution < -0.4 is 10.6 Å². The second kappa shape index (κ2) is 7.50. The van der Waals surface area contributed by atoms with E-state index in [4.69, 9.17) is 4.74 Å². The maximum Gasteiger partial charge on any atom is 0.337 e. The van der Waals surface area contributed by atoms with E-state index in [0.29, 0.717) is 5.57 Å². The first-order valence-electron chi connectivity index (χ1n) is 5.84. The third-order valence-corrected chi connectivity index (χ3v) is 3.00.